The average molecular weight is 398 g/mol. The van der Waals surface area contributed by atoms with Crippen molar-refractivity contribution in [2.75, 3.05) is 50.6 Å². The first-order chi connectivity index (χ1) is 13.9. The van der Waals surface area contributed by atoms with Gasteiger partial charge in [0.2, 0.25) is 0 Å². The Labute approximate surface area is 173 Å². The Balaban J connectivity index is 1.68. The lowest BCUT2D eigenvalue weighted by molar-refractivity contribution is 0.208. The van der Waals surface area contributed by atoms with Gasteiger partial charge in [0.05, 0.1) is 19.9 Å². The van der Waals surface area contributed by atoms with Gasteiger partial charge >= 0.3 is 6.03 Å². The van der Waals surface area contributed by atoms with Crippen LogP contribution in [0.1, 0.15) is 30.9 Å². The Kier molecular flexibility index (Phi) is 6.52. The van der Waals surface area contributed by atoms with Crippen LogP contribution in [0.5, 0.6) is 11.5 Å². The monoisotopic (exact) mass is 397 g/mol. The molecule has 1 fully saturated rings. The highest BCUT2D eigenvalue weighted by atomic mass is 16.5. The van der Waals surface area contributed by atoms with Crippen LogP contribution in [0, 0.1) is 6.92 Å². The fourth-order valence-electron chi connectivity index (χ4n) is 3.82. The molecule has 0 aliphatic carbocycles. The van der Waals surface area contributed by atoms with Gasteiger partial charge < -0.3 is 24.6 Å². The molecule has 0 saturated carbocycles. The van der Waals surface area contributed by atoms with Gasteiger partial charge in [-0.15, -0.1) is 0 Å². The maximum Gasteiger partial charge on any atom is 0.322 e. The van der Waals surface area contributed by atoms with E-state index in [4.69, 9.17) is 9.47 Å². The highest BCUT2D eigenvalue weighted by Gasteiger charge is 2.24. The van der Waals surface area contributed by atoms with Gasteiger partial charge in [-0.2, -0.15) is 0 Å². The van der Waals surface area contributed by atoms with E-state index in [0.29, 0.717) is 36.2 Å². The van der Waals surface area contributed by atoms with Crippen molar-refractivity contribution in [3.8, 4) is 11.5 Å². The number of nitrogens with zero attached hydrogens (tertiary/aromatic N) is 2. The maximum absolute atomic E-state index is 12.8. The molecule has 0 bridgehead atoms. The molecule has 1 saturated heterocycles. The van der Waals surface area contributed by atoms with Crippen LogP contribution < -0.4 is 19.7 Å². The average Bonchev–Trinajstić information content (AvgIpc) is 2.73. The number of nitrogens with one attached hydrogen (secondary N) is 1. The van der Waals surface area contributed by atoms with Crippen molar-refractivity contribution in [2.45, 2.75) is 26.7 Å². The molecular weight excluding hydrogens is 366 g/mol. The standard InChI is InChI=1S/C23H31N3O3/c1-16(2)19-8-6-7-17(3)22(19)25-11-13-26(14-12-25)23(27)24-20-15-18(28-4)9-10-21(20)29-5/h6-10,15-16H,11-14H2,1-5H3,(H,24,27). The number of benzene rings is 2. The molecule has 0 spiro atoms. The first-order valence-corrected chi connectivity index (χ1v) is 10.1. The Bertz CT molecular complexity index is 858. The normalized spacial score (nSPS) is 14.1. The molecule has 0 atom stereocenters. The summed E-state index contributed by atoms with van der Waals surface area (Å²) in [6.07, 6.45) is 0. The molecule has 1 aliphatic heterocycles. The summed E-state index contributed by atoms with van der Waals surface area (Å²) in [6.45, 7) is 9.58. The molecule has 0 radical (unpaired) electrons. The molecule has 0 aromatic heterocycles. The Morgan fingerprint density at radius 3 is 2.38 bits per heavy atom. The molecule has 2 aromatic carbocycles. The predicted molar refractivity (Wildman–Crippen MR) is 118 cm³/mol. The van der Waals surface area contributed by atoms with Crippen LogP contribution in [0.3, 0.4) is 0 Å². The largest absolute Gasteiger partial charge is 0.497 e. The van der Waals surface area contributed by atoms with Crippen LogP contribution in [-0.4, -0.2) is 51.3 Å². The zero-order valence-electron chi connectivity index (χ0n) is 18.0. The topological polar surface area (TPSA) is 54.0 Å². The summed E-state index contributed by atoms with van der Waals surface area (Å²) in [4.78, 5) is 17.1. The molecule has 1 aliphatic rings. The van der Waals surface area contributed by atoms with Crippen LogP contribution in [-0.2, 0) is 0 Å². The van der Waals surface area contributed by atoms with Gasteiger partial charge in [0.25, 0.3) is 0 Å². The second kappa shape index (κ2) is 9.07. The Hall–Kier alpha value is -2.89. The van der Waals surface area contributed by atoms with Crippen LogP contribution in [0.2, 0.25) is 0 Å². The third kappa shape index (κ3) is 4.58. The van der Waals surface area contributed by atoms with Crippen molar-refractivity contribution in [3.63, 3.8) is 0 Å². The number of aryl methyl sites for hydroxylation is 1. The number of piperazine rings is 1. The van der Waals surface area contributed by atoms with Crippen molar-refractivity contribution in [2.24, 2.45) is 0 Å². The summed E-state index contributed by atoms with van der Waals surface area (Å²) in [6, 6.07) is 11.7. The van der Waals surface area contributed by atoms with Gasteiger partial charge in [0.15, 0.2) is 0 Å². The molecule has 2 amide bonds. The maximum atomic E-state index is 12.8. The number of hydrogen-bond acceptors (Lipinski definition) is 4. The fraction of sp³-hybridized carbons (Fsp3) is 0.435. The third-order valence-electron chi connectivity index (χ3n) is 5.42. The number of amides is 2. The van der Waals surface area contributed by atoms with E-state index in [-0.39, 0.29) is 6.03 Å². The minimum absolute atomic E-state index is 0.120. The SMILES string of the molecule is COc1ccc(OC)c(NC(=O)N2CCN(c3c(C)cccc3C(C)C)CC2)c1. The Morgan fingerprint density at radius 1 is 1.03 bits per heavy atom. The van der Waals surface area contributed by atoms with Gasteiger partial charge in [-0.25, -0.2) is 4.79 Å². The smallest absolute Gasteiger partial charge is 0.322 e. The summed E-state index contributed by atoms with van der Waals surface area (Å²) >= 11 is 0. The number of para-hydroxylation sites is 1. The molecule has 29 heavy (non-hydrogen) atoms. The Morgan fingerprint density at radius 2 is 1.76 bits per heavy atom. The molecule has 3 rings (SSSR count). The zero-order chi connectivity index (χ0) is 21.0. The lowest BCUT2D eigenvalue weighted by atomic mass is 9.97. The molecule has 1 heterocycles. The summed E-state index contributed by atoms with van der Waals surface area (Å²) in [5, 5.41) is 2.96. The van der Waals surface area contributed by atoms with E-state index >= 15 is 0 Å². The van der Waals surface area contributed by atoms with Crippen molar-refractivity contribution >= 4 is 17.4 Å². The second-order valence-corrected chi connectivity index (χ2v) is 7.64. The van der Waals surface area contributed by atoms with E-state index in [2.05, 4.69) is 49.2 Å². The molecule has 156 valence electrons. The highest BCUT2D eigenvalue weighted by Crippen LogP contribution is 2.32. The molecule has 0 unspecified atom stereocenters. The lowest BCUT2D eigenvalue weighted by Crippen LogP contribution is -2.50. The van der Waals surface area contributed by atoms with Gasteiger partial charge in [0.1, 0.15) is 11.5 Å². The number of rotatable bonds is 5. The molecule has 6 heteroatoms. The minimum atomic E-state index is -0.120. The summed E-state index contributed by atoms with van der Waals surface area (Å²) in [7, 11) is 3.19. The van der Waals surface area contributed by atoms with Gasteiger partial charge in [-0.1, -0.05) is 32.0 Å². The number of anilines is 2. The third-order valence-corrected chi connectivity index (χ3v) is 5.42. The van der Waals surface area contributed by atoms with Crippen LogP contribution in [0.4, 0.5) is 16.2 Å². The second-order valence-electron chi connectivity index (χ2n) is 7.64. The summed E-state index contributed by atoms with van der Waals surface area (Å²) in [5.41, 5.74) is 4.58. The zero-order valence-corrected chi connectivity index (χ0v) is 18.0. The quantitative estimate of drug-likeness (QED) is 0.808. The minimum Gasteiger partial charge on any atom is -0.497 e. The van der Waals surface area contributed by atoms with Gasteiger partial charge in [-0.3, -0.25) is 0 Å². The van der Waals surface area contributed by atoms with Crippen molar-refractivity contribution in [3.05, 3.63) is 47.5 Å². The summed E-state index contributed by atoms with van der Waals surface area (Å²) < 4.78 is 10.6. The van der Waals surface area contributed by atoms with E-state index < -0.39 is 0 Å². The van der Waals surface area contributed by atoms with Crippen molar-refractivity contribution < 1.29 is 14.3 Å². The fourth-order valence-corrected chi connectivity index (χ4v) is 3.82. The number of hydrogen-bond donors (Lipinski definition) is 1. The van der Waals surface area contributed by atoms with E-state index in [0.717, 1.165) is 13.1 Å². The van der Waals surface area contributed by atoms with E-state index in [1.165, 1.54) is 16.8 Å². The number of carbonyl (C=O) groups is 1. The van der Waals surface area contributed by atoms with Gasteiger partial charge in [0, 0.05) is 37.9 Å². The number of carbonyl (C=O) groups excluding carboxylic acids is 1. The molecular formula is C23H31N3O3. The van der Waals surface area contributed by atoms with Crippen molar-refractivity contribution in [1.29, 1.82) is 0 Å². The van der Waals surface area contributed by atoms with Crippen LogP contribution >= 0.6 is 0 Å². The molecule has 2 aromatic rings. The van der Waals surface area contributed by atoms with Crippen molar-refractivity contribution in [1.82, 2.24) is 4.90 Å². The van der Waals surface area contributed by atoms with Crippen LogP contribution in [0.15, 0.2) is 36.4 Å². The summed E-state index contributed by atoms with van der Waals surface area (Å²) in [5.74, 6) is 1.75. The first-order valence-electron chi connectivity index (χ1n) is 10.1. The van der Waals surface area contributed by atoms with E-state index in [1.54, 1.807) is 26.4 Å². The highest BCUT2D eigenvalue weighted by molar-refractivity contribution is 5.91. The lowest BCUT2D eigenvalue weighted by Gasteiger charge is -2.38. The molecule has 6 nitrogen and oxygen atoms in total. The number of methoxy groups -OCH3 is 2. The number of ether oxygens (including phenoxy) is 2. The van der Waals surface area contributed by atoms with Gasteiger partial charge in [-0.05, 0) is 36.1 Å². The molecule has 1 N–H and O–H groups in total. The number of urea groups is 1. The first kappa shape index (κ1) is 20.8. The van der Waals surface area contributed by atoms with E-state index in [9.17, 15) is 4.79 Å². The predicted octanol–water partition coefficient (Wildman–Crippen LogP) is 4.49. The van der Waals surface area contributed by atoms with E-state index in [1.807, 2.05) is 11.0 Å². The van der Waals surface area contributed by atoms with Crippen LogP contribution in [0.25, 0.3) is 0 Å².